The SMILES string of the molecule is CC(C)Nc1nc(N)n(-c2ccccn2)n1. The number of nitrogen functional groups attached to an aromatic ring is 1. The quantitative estimate of drug-likeness (QED) is 0.805. The number of hydrogen-bond donors (Lipinski definition) is 2. The topological polar surface area (TPSA) is 81.6 Å². The van der Waals surface area contributed by atoms with Crippen molar-refractivity contribution in [3.63, 3.8) is 0 Å². The molecule has 0 atom stereocenters. The molecular formula is C10H14N6. The van der Waals surface area contributed by atoms with Crippen molar-refractivity contribution in [3.05, 3.63) is 24.4 Å². The molecule has 0 aliphatic heterocycles. The van der Waals surface area contributed by atoms with E-state index in [9.17, 15) is 0 Å². The first-order valence-electron chi connectivity index (χ1n) is 5.07. The van der Waals surface area contributed by atoms with E-state index in [1.165, 1.54) is 4.68 Å². The Labute approximate surface area is 93.5 Å². The van der Waals surface area contributed by atoms with Crippen LogP contribution < -0.4 is 11.1 Å². The zero-order chi connectivity index (χ0) is 11.5. The fraction of sp³-hybridized carbons (Fsp3) is 0.300. The minimum absolute atomic E-state index is 0.263. The third-order valence-electron chi connectivity index (χ3n) is 1.92. The number of pyridine rings is 1. The number of aromatic nitrogens is 4. The number of nitrogens with one attached hydrogen (secondary N) is 1. The molecule has 0 saturated carbocycles. The van der Waals surface area contributed by atoms with Crippen LogP contribution in [0.15, 0.2) is 24.4 Å². The fourth-order valence-corrected chi connectivity index (χ4v) is 1.29. The minimum atomic E-state index is 0.263. The lowest BCUT2D eigenvalue weighted by molar-refractivity contribution is 0.833. The van der Waals surface area contributed by atoms with Gasteiger partial charge in [0.2, 0.25) is 11.9 Å². The summed E-state index contributed by atoms with van der Waals surface area (Å²) < 4.78 is 1.50. The molecule has 84 valence electrons. The van der Waals surface area contributed by atoms with Gasteiger partial charge in [0.05, 0.1) is 0 Å². The van der Waals surface area contributed by atoms with Gasteiger partial charge < -0.3 is 11.1 Å². The van der Waals surface area contributed by atoms with E-state index >= 15 is 0 Å². The minimum Gasteiger partial charge on any atom is -0.368 e. The first-order valence-corrected chi connectivity index (χ1v) is 5.07. The summed E-state index contributed by atoms with van der Waals surface area (Å²) in [4.78, 5) is 8.26. The Morgan fingerprint density at radius 2 is 2.19 bits per heavy atom. The van der Waals surface area contributed by atoms with Crippen LogP contribution in [0.25, 0.3) is 5.82 Å². The maximum Gasteiger partial charge on any atom is 0.244 e. The van der Waals surface area contributed by atoms with Crippen LogP contribution in [0.1, 0.15) is 13.8 Å². The predicted molar refractivity (Wildman–Crippen MR) is 62.3 cm³/mol. The van der Waals surface area contributed by atoms with E-state index in [0.29, 0.717) is 17.7 Å². The van der Waals surface area contributed by atoms with E-state index in [0.717, 1.165) is 0 Å². The van der Waals surface area contributed by atoms with Crippen molar-refractivity contribution in [2.24, 2.45) is 0 Å². The highest BCUT2D eigenvalue weighted by Gasteiger charge is 2.09. The summed E-state index contributed by atoms with van der Waals surface area (Å²) in [5, 5.41) is 7.31. The van der Waals surface area contributed by atoms with Gasteiger partial charge in [0.1, 0.15) is 0 Å². The normalized spacial score (nSPS) is 10.7. The molecule has 0 aliphatic rings. The van der Waals surface area contributed by atoms with Gasteiger partial charge in [0.15, 0.2) is 5.82 Å². The first-order chi connectivity index (χ1) is 7.66. The van der Waals surface area contributed by atoms with Crippen molar-refractivity contribution in [3.8, 4) is 5.82 Å². The average molecular weight is 218 g/mol. The highest BCUT2D eigenvalue weighted by atomic mass is 15.4. The number of hydrogen-bond acceptors (Lipinski definition) is 5. The molecule has 0 aromatic carbocycles. The van der Waals surface area contributed by atoms with Gasteiger partial charge in [-0.2, -0.15) is 9.67 Å². The molecule has 6 nitrogen and oxygen atoms in total. The second-order valence-corrected chi connectivity index (χ2v) is 3.69. The summed E-state index contributed by atoms with van der Waals surface area (Å²) in [6, 6.07) is 5.80. The molecule has 0 saturated heterocycles. The van der Waals surface area contributed by atoms with Crippen molar-refractivity contribution >= 4 is 11.9 Å². The summed E-state index contributed by atoms with van der Waals surface area (Å²) in [5.74, 6) is 1.49. The molecule has 0 fully saturated rings. The van der Waals surface area contributed by atoms with Gasteiger partial charge in [0.25, 0.3) is 0 Å². The first kappa shape index (κ1) is 10.4. The Morgan fingerprint density at radius 3 is 2.81 bits per heavy atom. The third kappa shape index (κ3) is 2.10. The van der Waals surface area contributed by atoms with Crippen LogP contribution in [0.4, 0.5) is 11.9 Å². The Kier molecular flexibility index (Phi) is 2.72. The highest BCUT2D eigenvalue weighted by Crippen LogP contribution is 2.11. The average Bonchev–Trinajstić information content (AvgIpc) is 2.60. The molecule has 0 bridgehead atoms. The number of nitrogens with zero attached hydrogens (tertiary/aromatic N) is 4. The van der Waals surface area contributed by atoms with E-state index in [4.69, 9.17) is 5.73 Å². The van der Waals surface area contributed by atoms with Gasteiger partial charge in [-0.25, -0.2) is 4.98 Å². The lowest BCUT2D eigenvalue weighted by Gasteiger charge is -2.03. The van der Waals surface area contributed by atoms with Gasteiger partial charge in [-0.1, -0.05) is 6.07 Å². The number of anilines is 2. The zero-order valence-electron chi connectivity index (χ0n) is 9.25. The summed E-state index contributed by atoms with van der Waals surface area (Å²) in [5.41, 5.74) is 5.76. The Morgan fingerprint density at radius 1 is 1.38 bits per heavy atom. The second-order valence-electron chi connectivity index (χ2n) is 3.69. The van der Waals surface area contributed by atoms with Gasteiger partial charge in [-0.05, 0) is 26.0 Å². The van der Waals surface area contributed by atoms with E-state index < -0.39 is 0 Å². The lowest BCUT2D eigenvalue weighted by atomic mass is 10.4. The summed E-state index contributed by atoms with van der Waals surface area (Å²) in [6.45, 7) is 4.02. The second kappa shape index (κ2) is 4.18. The van der Waals surface area contributed by atoms with E-state index in [1.54, 1.807) is 6.20 Å². The van der Waals surface area contributed by atoms with Crippen LogP contribution >= 0.6 is 0 Å². The predicted octanol–water partition coefficient (Wildman–Crippen LogP) is 1.06. The van der Waals surface area contributed by atoms with Crippen molar-refractivity contribution in [1.29, 1.82) is 0 Å². The highest BCUT2D eigenvalue weighted by molar-refractivity contribution is 5.38. The summed E-state index contributed by atoms with van der Waals surface area (Å²) >= 11 is 0. The third-order valence-corrected chi connectivity index (χ3v) is 1.92. The molecule has 6 heteroatoms. The van der Waals surface area contributed by atoms with Crippen LogP contribution in [-0.4, -0.2) is 25.8 Å². The van der Waals surface area contributed by atoms with Gasteiger partial charge >= 0.3 is 0 Å². The molecule has 2 rings (SSSR count). The largest absolute Gasteiger partial charge is 0.368 e. The molecule has 2 heterocycles. The molecule has 0 aliphatic carbocycles. The maximum atomic E-state index is 5.76. The molecule has 2 aromatic rings. The van der Waals surface area contributed by atoms with Crippen molar-refractivity contribution in [2.45, 2.75) is 19.9 Å². The van der Waals surface area contributed by atoms with Gasteiger partial charge in [-0.15, -0.1) is 5.10 Å². The smallest absolute Gasteiger partial charge is 0.244 e. The van der Waals surface area contributed by atoms with Crippen molar-refractivity contribution in [1.82, 2.24) is 19.7 Å². The molecule has 3 N–H and O–H groups in total. The van der Waals surface area contributed by atoms with Gasteiger partial charge in [0, 0.05) is 12.2 Å². The van der Waals surface area contributed by atoms with Crippen LogP contribution in [0, 0.1) is 0 Å². The number of nitrogens with two attached hydrogens (primary N) is 1. The number of rotatable bonds is 3. The monoisotopic (exact) mass is 218 g/mol. The molecule has 0 spiro atoms. The van der Waals surface area contributed by atoms with Crippen molar-refractivity contribution in [2.75, 3.05) is 11.1 Å². The molecule has 0 amide bonds. The van der Waals surface area contributed by atoms with Crippen LogP contribution in [0.5, 0.6) is 0 Å². The van der Waals surface area contributed by atoms with Crippen LogP contribution in [0.3, 0.4) is 0 Å². The molecule has 0 unspecified atom stereocenters. The van der Waals surface area contributed by atoms with E-state index in [1.807, 2.05) is 32.0 Å². The molecule has 0 radical (unpaired) electrons. The van der Waals surface area contributed by atoms with E-state index in [2.05, 4.69) is 20.4 Å². The Balaban J connectivity index is 2.32. The molecular weight excluding hydrogens is 204 g/mol. The van der Waals surface area contributed by atoms with Crippen LogP contribution in [-0.2, 0) is 0 Å². The summed E-state index contributed by atoms with van der Waals surface area (Å²) in [6.07, 6.45) is 1.69. The zero-order valence-corrected chi connectivity index (χ0v) is 9.25. The van der Waals surface area contributed by atoms with Gasteiger partial charge in [-0.3, -0.25) is 0 Å². The van der Waals surface area contributed by atoms with Crippen molar-refractivity contribution < 1.29 is 0 Å². The Hall–Kier alpha value is -2.11. The molecule has 2 aromatic heterocycles. The maximum absolute atomic E-state index is 5.76. The lowest BCUT2D eigenvalue weighted by Crippen LogP contribution is -2.11. The van der Waals surface area contributed by atoms with E-state index in [-0.39, 0.29) is 6.04 Å². The Bertz CT molecular complexity index is 461. The van der Waals surface area contributed by atoms with Crippen LogP contribution in [0.2, 0.25) is 0 Å². The molecule has 16 heavy (non-hydrogen) atoms. The standard InChI is InChI=1S/C10H14N6/c1-7(2)13-10-14-9(11)16(15-10)8-5-3-4-6-12-8/h3-7H,1-2H3,(H3,11,13,14,15). The fourth-order valence-electron chi connectivity index (χ4n) is 1.29. The summed E-state index contributed by atoms with van der Waals surface area (Å²) in [7, 11) is 0.